The summed E-state index contributed by atoms with van der Waals surface area (Å²) in [4.78, 5) is 13.2. The molecule has 1 atom stereocenters. The van der Waals surface area contributed by atoms with Crippen LogP contribution >= 0.6 is 24.0 Å². The molecule has 3 N–H and O–H groups in total. The highest BCUT2D eigenvalue weighted by Gasteiger charge is 2.14. The van der Waals surface area contributed by atoms with E-state index in [1.807, 2.05) is 30.3 Å². The molecule has 0 saturated heterocycles. The third kappa shape index (κ3) is 5.79. The summed E-state index contributed by atoms with van der Waals surface area (Å²) in [5, 5.41) is 3.27. The van der Waals surface area contributed by atoms with Crippen molar-refractivity contribution >= 4 is 30.0 Å². The Hall–Kier alpha value is -3.06. The number of hydrogen-bond donors (Lipinski definition) is 2. The molecule has 5 nitrogen and oxygen atoms in total. The molecular weight excluding hydrogens is 448 g/mol. The van der Waals surface area contributed by atoms with Gasteiger partial charge in [0.1, 0.15) is 5.82 Å². The fourth-order valence-electron chi connectivity index (χ4n) is 3.28. The molecule has 0 radical (unpaired) electrons. The smallest absolute Gasteiger partial charge is 0.223 e. The van der Waals surface area contributed by atoms with Crippen LogP contribution in [0.5, 0.6) is 0 Å². The summed E-state index contributed by atoms with van der Waals surface area (Å²) in [6, 6.07) is 18.3. The minimum absolute atomic E-state index is 0. The first-order valence-electron chi connectivity index (χ1n) is 9.86. The Bertz CT molecular complexity index is 1160. The van der Waals surface area contributed by atoms with Gasteiger partial charge in [-0.1, -0.05) is 48.0 Å². The first-order valence-corrected chi connectivity index (χ1v) is 10.2. The lowest BCUT2D eigenvalue weighted by Crippen LogP contribution is -2.31. The first-order chi connectivity index (χ1) is 15.1. The van der Waals surface area contributed by atoms with Crippen LogP contribution in [0.4, 0.5) is 10.3 Å². The van der Waals surface area contributed by atoms with Crippen LogP contribution in [0.15, 0.2) is 79.3 Å². The van der Waals surface area contributed by atoms with Crippen LogP contribution in [0.2, 0.25) is 5.02 Å². The van der Waals surface area contributed by atoms with Gasteiger partial charge in [0.05, 0.1) is 10.7 Å². The highest BCUT2D eigenvalue weighted by atomic mass is 35.5. The Morgan fingerprint density at radius 3 is 2.47 bits per heavy atom. The van der Waals surface area contributed by atoms with Crippen molar-refractivity contribution in [2.24, 2.45) is 5.73 Å². The zero-order valence-electron chi connectivity index (χ0n) is 17.1. The van der Waals surface area contributed by atoms with Crippen LogP contribution in [0.1, 0.15) is 5.56 Å². The summed E-state index contributed by atoms with van der Waals surface area (Å²) in [6.45, 7) is 0.520. The summed E-state index contributed by atoms with van der Waals surface area (Å²) < 4.78 is 13.6. The van der Waals surface area contributed by atoms with Gasteiger partial charge >= 0.3 is 0 Å². The van der Waals surface area contributed by atoms with Crippen molar-refractivity contribution in [2.45, 2.75) is 12.5 Å². The van der Waals surface area contributed by atoms with Gasteiger partial charge in [0.25, 0.3) is 0 Å². The highest BCUT2D eigenvalue weighted by Crippen LogP contribution is 2.32. The number of halogens is 3. The molecule has 0 aliphatic rings. The van der Waals surface area contributed by atoms with Gasteiger partial charge in [-0.25, -0.2) is 14.4 Å². The Morgan fingerprint density at radius 2 is 1.75 bits per heavy atom. The topological polar surface area (TPSA) is 76.7 Å². The molecule has 1 unspecified atom stereocenters. The number of nitrogens with zero attached hydrogens (tertiary/aromatic N) is 3. The third-order valence-corrected chi connectivity index (χ3v) is 5.13. The van der Waals surface area contributed by atoms with E-state index < -0.39 is 5.82 Å². The van der Waals surface area contributed by atoms with E-state index in [0.717, 1.165) is 23.1 Å². The second-order valence-electron chi connectivity index (χ2n) is 7.15. The average Bonchev–Trinajstić information content (AvgIpc) is 2.81. The van der Waals surface area contributed by atoms with E-state index in [1.165, 1.54) is 11.6 Å². The van der Waals surface area contributed by atoms with Crippen molar-refractivity contribution < 1.29 is 4.39 Å². The Labute approximate surface area is 197 Å². The summed E-state index contributed by atoms with van der Waals surface area (Å²) >= 11 is 5.99. The lowest BCUT2D eigenvalue weighted by molar-refractivity contribution is 0.628. The molecule has 2 aromatic carbocycles. The van der Waals surface area contributed by atoms with Crippen LogP contribution in [0, 0.1) is 5.82 Å². The van der Waals surface area contributed by atoms with E-state index in [0.29, 0.717) is 18.2 Å². The van der Waals surface area contributed by atoms with E-state index >= 15 is 0 Å². The van der Waals surface area contributed by atoms with E-state index in [1.54, 1.807) is 30.7 Å². The molecule has 164 valence electrons. The van der Waals surface area contributed by atoms with E-state index in [2.05, 4.69) is 27.4 Å². The molecule has 0 amide bonds. The summed E-state index contributed by atoms with van der Waals surface area (Å²) in [5.74, 6) is -0.00484. The van der Waals surface area contributed by atoms with Gasteiger partial charge in [0, 0.05) is 42.3 Å². The molecule has 8 heteroatoms. The zero-order valence-corrected chi connectivity index (χ0v) is 18.7. The number of aromatic nitrogens is 3. The van der Waals surface area contributed by atoms with Crippen LogP contribution in [-0.4, -0.2) is 27.5 Å². The van der Waals surface area contributed by atoms with Crippen molar-refractivity contribution in [3.63, 3.8) is 0 Å². The number of hydrogen-bond acceptors (Lipinski definition) is 5. The molecule has 0 spiro atoms. The maximum absolute atomic E-state index is 13.6. The molecule has 32 heavy (non-hydrogen) atoms. The fraction of sp³-hybridized carbons (Fsp3) is 0.125. The van der Waals surface area contributed by atoms with Gasteiger partial charge in [-0.2, -0.15) is 0 Å². The van der Waals surface area contributed by atoms with Crippen molar-refractivity contribution in [1.29, 1.82) is 0 Å². The molecule has 0 bridgehead atoms. The number of nitrogens with two attached hydrogens (primary N) is 1. The Morgan fingerprint density at radius 1 is 1.00 bits per heavy atom. The van der Waals surface area contributed by atoms with Crippen LogP contribution in [-0.2, 0) is 6.42 Å². The van der Waals surface area contributed by atoms with Gasteiger partial charge in [-0.15, -0.1) is 12.4 Å². The minimum Gasteiger partial charge on any atom is -0.353 e. The molecular formula is C24H22Cl2FN5. The number of benzene rings is 2. The summed E-state index contributed by atoms with van der Waals surface area (Å²) in [6.07, 6.45) is 5.85. The van der Waals surface area contributed by atoms with Gasteiger partial charge < -0.3 is 11.1 Å². The molecule has 0 aliphatic carbocycles. The van der Waals surface area contributed by atoms with Crippen LogP contribution in [0.3, 0.4) is 0 Å². The van der Waals surface area contributed by atoms with Crippen molar-refractivity contribution in [3.05, 3.63) is 95.7 Å². The molecule has 0 fully saturated rings. The minimum atomic E-state index is -0.470. The Balaban J connectivity index is 0.00000289. The maximum atomic E-state index is 13.6. The van der Waals surface area contributed by atoms with Crippen molar-refractivity contribution in [1.82, 2.24) is 15.0 Å². The first kappa shape index (κ1) is 23.6. The Kier molecular flexibility index (Phi) is 8.11. The second kappa shape index (κ2) is 11.0. The molecule has 4 aromatic rings. The lowest BCUT2D eigenvalue weighted by atomic mass is 10.0. The average molecular weight is 470 g/mol. The second-order valence-corrected chi connectivity index (χ2v) is 7.56. The molecule has 2 heterocycles. The number of pyridine rings is 1. The van der Waals surface area contributed by atoms with Crippen LogP contribution in [0.25, 0.3) is 22.4 Å². The summed E-state index contributed by atoms with van der Waals surface area (Å²) in [7, 11) is 0. The predicted molar refractivity (Wildman–Crippen MR) is 130 cm³/mol. The van der Waals surface area contributed by atoms with Gasteiger partial charge in [0.2, 0.25) is 5.95 Å². The summed E-state index contributed by atoms with van der Waals surface area (Å²) in [5.41, 5.74) is 10.5. The van der Waals surface area contributed by atoms with Gasteiger partial charge in [0.15, 0.2) is 0 Å². The van der Waals surface area contributed by atoms with Crippen molar-refractivity contribution in [3.8, 4) is 22.4 Å². The van der Waals surface area contributed by atoms with Gasteiger partial charge in [-0.05, 0) is 41.8 Å². The van der Waals surface area contributed by atoms with E-state index in [-0.39, 0.29) is 23.5 Å². The molecule has 0 saturated carbocycles. The third-order valence-electron chi connectivity index (χ3n) is 4.84. The number of anilines is 1. The number of nitrogens with one attached hydrogen (secondary N) is 1. The lowest BCUT2D eigenvalue weighted by Gasteiger charge is -2.15. The van der Waals surface area contributed by atoms with Gasteiger partial charge in [-0.3, -0.25) is 4.98 Å². The predicted octanol–water partition coefficient (Wildman–Crippen LogP) is 5.40. The standard InChI is InChI=1S/C24H21ClFN5.ClH/c25-21-13-18(6-7-22(21)26)20-15-30-24(31-23(20)17-8-10-28-11-9-17)29-14-19(27)12-16-4-2-1-3-5-16;/h1-11,13,15,19H,12,14,27H2,(H,29,30,31);1H. The molecule has 4 rings (SSSR count). The normalized spacial score (nSPS) is 11.5. The molecule has 0 aliphatic heterocycles. The SMILES string of the molecule is Cl.NC(CNc1ncc(-c2ccc(F)c(Cl)c2)c(-c2ccncc2)n1)Cc1ccccc1. The maximum Gasteiger partial charge on any atom is 0.223 e. The van der Waals surface area contributed by atoms with E-state index in [4.69, 9.17) is 22.3 Å². The highest BCUT2D eigenvalue weighted by molar-refractivity contribution is 6.31. The van der Waals surface area contributed by atoms with E-state index in [9.17, 15) is 4.39 Å². The largest absolute Gasteiger partial charge is 0.353 e. The quantitative estimate of drug-likeness (QED) is 0.378. The van der Waals surface area contributed by atoms with Crippen LogP contribution < -0.4 is 11.1 Å². The number of rotatable bonds is 7. The fourth-order valence-corrected chi connectivity index (χ4v) is 3.46. The monoisotopic (exact) mass is 469 g/mol. The van der Waals surface area contributed by atoms with Crippen molar-refractivity contribution in [2.75, 3.05) is 11.9 Å². The zero-order chi connectivity index (χ0) is 21.6. The molecule has 2 aromatic heterocycles.